The van der Waals surface area contributed by atoms with Gasteiger partial charge >= 0.3 is 0 Å². The summed E-state index contributed by atoms with van der Waals surface area (Å²) in [7, 11) is 5.83. The molecule has 0 radical (unpaired) electrons. The minimum Gasteiger partial charge on any atom is -0.481 e. The molecule has 0 saturated carbocycles. The second-order valence-corrected chi connectivity index (χ2v) is 11.3. The number of halogens is 1. The molecule has 0 fully saturated rings. The van der Waals surface area contributed by atoms with Crippen molar-refractivity contribution in [3.05, 3.63) is 118 Å². The minimum atomic E-state index is -1.21. The van der Waals surface area contributed by atoms with Gasteiger partial charge in [0.2, 0.25) is 5.88 Å². The van der Waals surface area contributed by atoms with Crippen molar-refractivity contribution in [2.75, 3.05) is 27.7 Å². The van der Waals surface area contributed by atoms with Gasteiger partial charge in [0.05, 0.1) is 12.6 Å². The van der Waals surface area contributed by atoms with Gasteiger partial charge in [-0.3, -0.25) is 0 Å². The molecule has 5 aromatic rings. The Morgan fingerprint density at radius 1 is 0.872 bits per heavy atom. The number of benzene rings is 4. The number of hydrogen-bond acceptors (Lipinski definition) is 4. The number of ether oxygens (including phenoxy) is 1. The molecule has 0 bridgehead atoms. The molecule has 1 aromatic heterocycles. The lowest BCUT2D eigenvalue weighted by atomic mass is 9.71. The SMILES string of the molecule is COc1nc2cccc(Br)c2cc1C(c1ccccc1)C(O)(CCCCN(C)C)c1ccc2ccccc2c1. The zero-order valence-electron chi connectivity index (χ0n) is 22.8. The molecule has 2 atom stereocenters. The smallest absolute Gasteiger partial charge is 0.217 e. The van der Waals surface area contributed by atoms with Crippen LogP contribution >= 0.6 is 15.9 Å². The van der Waals surface area contributed by atoms with Gasteiger partial charge in [-0.25, -0.2) is 4.98 Å². The highest BCUT2D eigenvalue weighted by molar-refractivity contribution is 9.10. The van der Waals surface area contributed by atoms with Gasteiger partial charge in [-0.15, -0.1) is 0 Å². The molecule has 2 unspecified atom stereocenters. The van der Waals surface area contributed by atoms with Gasteiger partial charge in [0.15, 0.2) is 0 Å². The van der Waals surface area contributed by atoms with Gasteiger partial charge in [-0.2, -0.15) is 0 Å². The first-order chi connectivity index (χ1) is 18.9. The van der Waals surface area contributed by atoms with E-state index in [-0.39, 0.29) is 0 Å². The predicted molar refractivity (Wildman–Crippen MR) is 165 cm³/mol. The monoisotopic (exact) mass is 582 g/mol. The first-order valence-corrected chi connectivity index (χ1v) is 14.2. The largest absolute Gasteiger partial charge is 0.481 e. The van der Waals surface area contributed by atoms with Crippen molar-refractivity contribution in [1.82, 2.24) is 9.88 Å². The Morgan fingerprint density at radius 3 is 2.36 bits per heavy atom. The number of nitrogens with zero attached hydrogens (tertiary/aromatic N) is 2. The second kappa shape index (κ2) is 11.9. The first kappa shape index (κ1) is 27.3. The average molecular weight is 584 g/mol. The number of unbranched alkanes of at least 4 members (excludes halogenated alkanes) is 1. The third-order valence-corrected chi connectivity index (χ3v) is 8.27. The highest BCUT2D eigenvalue weighted by Gasteiger charge is 2.42. The van der Waals surface area contributed by atoms with E-state index in [2.05, 4.69) is 83.5 Å². The summed E-state index contributed by atoms with van der Waals surface area (Å²) in [5.41, 5.74) is 2.42. The molecule has 0 saturated heterocycles. The molecule has 0 amide bonds. The molecule has 1 N–H and O–H groups in total. The van der Waals surface area contributed by atoms with Crippen molar-refractivity contribution in [3.8, 4) is 5.88 Å². The van der Waals surface area contributed by atoms with Gasteiger partial charge in [0.1, 0.15) is 5.60 Å². The van der Waals surface area contributed by atoms with E-state index >= 15 is 0 Å². The molecule has 0 aliphatic rings. The standard InChI is InChI=1S/C34H35BrN2O2/c1-37(2)21-10-9-20-34(38,27-19-18-24-12-7-8-15-26(24)22-27)32(25-13-5-4-6-14-25)29-23-28-30(35)16-11-17-31(28)36-33(29)39-3/h4-8,11-19,22-23,32,38H,9-10,20-21H2,1-3H3. The molecule has 39 heavy (non-hydrogen) atoms. The van der Waals surface area contributed by atoms with E-state index in [9.17, 15) is 5.11 Å². The minimum absolute atomic E-state index is 0.404. The van der Waals surface area contributed by atoms with Crippen LogP contribution in [-0.2, 0) is 5.60 Å². The first-order valence-electron chi connectivity index (χ1n) is 13.4. The number of methoxy groups -OCH3 is 1. The molecular formula is C34H35BrN2O2. The normalized spacial score (nSPS) is 14.0. The van der Waals surface area contributed by atoms with Gasteiger partial charge < -0.3 is 14.7 Å². The summed E-state index contributed by atoms with van der Waals surface area (Å²) in [5.74, 6) is 0.125. The molecular weight excluding hydrogens is 548 g/mol. The van der Waals surface area contributed by atoms with Crippen molar-refractivity contribution >= 4 is 37.6 Å². The lowest BCUT2D eigenvalue weighted by Gasteiger charge is -2.38. The zero-order valence-corrected chi connectivity index (χ0v) is 24.4. The molecule has 5 heteroatoms. The Hall–Kier alpha value is -3.25. The van der Waals surface area contributed by atoms with Crippen LogP contribution in [0.3, 0.4) is 0 Å². The van der Waals surface area contributed by atoms with Crippen LogP contribution in [0.25, 0.3) is 21.7 Å². The highest BCUT2D eigenvalue weighted by atomic mass is 79.9. The van der Waals surface area contributed by atoms with Gasteiger partial charge in [-0.1, -0.05) is 88.7 Å². The van der Waals surface area contributed by atoms with Crippen molar-refractivity contribution in [3.63, 3.8) is 0 Å². The summed E-state index contributed by atoms with van der Waals surface area (Å²) in [6.45, 7) is 0.970. The Morgan fingerprint density at radius 2 is 1.62 bits per heavy atom. The topological polar surface area (TPSA) is 45.6 Å². The molecule has 200 valence electrons. The number of pyridine rings is 1. The Kier molecular flexibility index (Phi) is 8.31. The summed E-state index contributed by atoms with van der Waals surface area (Å²) >= 11 is 3.72. The quantitative estimate of drug-likeness (QED) is 0.170. The number of hydrogen-bond donors (Lipinski definition) is 1. The summed E-state index contributed by atoms with van der Waals surface area (Å²) < 4.78 is 6.87. The van der Waals surface area contributed by atoms with Crippen LogP contribution in [0, 0.1) is 0 Å². The molecule has 4 nitrogen and oxygen atoms in total. The Balaban J connectivity index is 1.75. The molecule has 1 heterocycles. The maximum absolute atomic E-state index is 13.0. The van der Waals surface area contributed by atoms with Gasteiger partial charge in [0, 0.05) is 21.3 Å². The number of aliphatic hydroxyl groups is 1. The summed E-state index contributed by atoms with van der Waals surface area (Å²) in [6, 6.07) is 33.1. The van der Waals surface area contributed by atoms with Crippen LogP contribution in [0.4, 0.5) is 0 Å². The number of rotatable bonds is 10. The van der Waals surface area contributed by atoms with Crippen LogP contribution in [-0.4, -0.2) is 42.7 Å². The van der Waals surface area contributed by atoms with Crippen LogP contribution in [0.1, 0.15) is 41.9 Å². The molecule has 0 spiro atoms. The van der Waals surface area contributed by atoms with Gasteiger partial charge in [-0.05, 0) is 86.1 Å². The third kappa shape index (κ3) is 5.72. The van der Waals surface area contributed by atoms with Crippen molar-refractivity contribution < 1.29 is 9.84 Å². The Labute approximate surface area is 239 Å². The van der Waals surface area contributed by atoms with E-state index in [1.54, 1.807) is 7.11 Å². The number of fused-ring (bicyclic) bond motifs is 2. The van der Waals surface area contributed by atoms with Crippen molar-refractivity contribution in [1.29, 1.82) is 0 Å². The fourth-order valence-corrected chi connectivity index (χ4v) is 6.09. The molecule has 0 aliphatic heterocycles. The molecule has 4 aromatic carbocycles. The summed E-state index contributed by atoms with van der Waals surface area (Å²) in [5, 5.41) is 16.3. The van der Waals surface area contributed by atoms with Crippen LogP contribution in [0.2, 0.25) is 0 Å². The van der Waals surface area contributed by atoms with E-state index in [1.807, 2.05) is 48.5 Å². The van der Waals surface area contributed by atoms with Crippen LogP contribution in [0.5, 0.6) is 5.88 Å². The van der Waals surface area contributed by atoms with E-state index in [4.69, 9.17) is 9.72 Å². The molecule has 5 rings (SSSR count). The highest BCUT2D eigenvalue weighted by Crippen LogP contribution is 2.48. The maximum Gasteiger partial charge on any atom is 0.217 e. The predicted octanol–water partition coefficient (Wildman–Crippen LogP) is 7.91. The second-order valence-electron chi connectivity index (χ2n) is 10.5. The lowest BCUT2D eigenvalue weighted by Crippen LogP contribution is -2.35. The summed E-state index contributed by atoms with van der Waals surface area (Å²) in [6.07, 6.45) is 2.46. The number of aromatic nitrogens is 1. The third-order valence-electron chi connectivity index (χ3n) is 7.58. The van der Waals surface area contributed by atoms with Crippen molar-refractivity contribution in [2.45, 2.75) is 30.8 Å². The maximum atomic E-state index is 13.0. The lowest BCUT2D eigenvalue weighted by molar-refractivity contribution is 0.00690. The fraction of sp³-hybridized carbons (Fsp3) is 0.265. The average Bonchev–Trinajstić information content (AvgIpc) is 2.95. The fourth-order valence-electron chi connectivity index (χ4n) is 5.62. The van der Waals surface area contributed by atoms with E-state index < -0.39 is 11.5 Å². The van der Waals surface area contributed by atoms with E-state index in [0.717, 1.165) is 62.2 Å². The van der Waals surface area contributed by atoms with Crippen molar-refractivity contribution in [2.24, 2.45) is 0 Å². The van der Waals surface area contributed by atoms with Crippen LogP contribution in [0.15, 0.2) is 102 Å². The van der Waals surface area contributed by atoms with Gasteiger partial charge in [0.25, 0.3) is 0 Å². The zero-order chi connectivity index (χ0) is 27.4. The molecule has 0 aliphatic carbocycles. The van der Waals surface area contributed by atoms with E-state index in [0.29, 0.717) is 12.3 Å². The van der Waals surface area contributed by atoms with Crippen LogP contribution < -0.4 is 4.74 Å². The van der Waals surface area contributed by atoms with E-state index in [1.165, 1.54) is 0 Å². The summed E-state index contributed by atoms with van der Waals surface area (Å²) in [4.78, 5) is 7.10. The Bertz CT molecular complexity index is 1570.